The van der Waals surface area contributed by atoms with Gasteiger partial charge in [-0.05, 0) is 26.0 Å². The fourth-order valence-corrected chi connectivity index (χ4v) is 4.11. The van der Waals surface area contributed by atoms with E-state index in [0.717, 1.165) is 19.8 Å². The normalized spacial score (nSPS) is 16.8. The first-order valence-corrected chi connectivity index (χ1v) is 8.80. The summed E-state index contributed by atoms with van der Waals surface area (Å²) in [6.07, 6.45) is 0.359. The molecule has 0 aliphatic carbocycles. The van der Waals surface area contributed by atoms with Crippen molar-refractivity contribution >= 4 is 13.3 Å². The van der Waals surface area contributed by atoms with Crippen molar-refractivity contribution in [1.29, 1.82) is 0 Å². The maximum atomic E-state index is 12.5. The van der Waals surface area contributed by atoms with Crippen LogP contribution >= 0.6 is 7.60 Å². The minimum absolute atomic E-state index is 0.359. The zero-order chi connectivity index (χ0) is 14.4. The third kappa shape index (κ3) is 4.06. The molecule has 1 heterocycles. The molecule has 1 aliphatic heterocycles. The van der Waals surface area contributed by atoms with Crippen LogP contribution in [-0.2, 0) is 13.6 Å². The number of para-hydroxylation sites is 1. The van der Waals surface area contributed by atoms with Crippen molar-refractivity contribution in [3.63, 3.8) is 0 Å². The highest BCUT2D eigenvalue weighted by Crippen LogP contribution is 2.48. The van der Waals surface area contributed by atoms with Crippen LogP contribution in [0.3, 0.4) is 0 Å². The zero-order valence-corrected chi connectivity index (χ0v) is 13.1. The van der Waals surface area contributed by atoms with E-state index in [2.05, 4.69) is 21.9 Å². The van der Waals surface area contributed by atoms with E-state index in [1.165, 1.54) is 5.69 Å². The minimum Gasteiger partial charge on any atom is -0.357 e. The Balaban J connectivity index is 1.94. The molecule has 1 fully saturated rings. The van der Waals surface area contributed by atoms with E-state index in [1.54, 1.807) is 0 Å². The van der Waals surface area contributed by atoms with Crippen LogP contribution in [0.1, 0.15) is 13.8 Å². The van der Waals surface area contributed by atoms with Crippen LogP contribution in [0.2, 0.25) is 0 Å². The molecule has 0 aromatic heterocycles. The first-order valence-electron chi connectivity index (χ1n) is 7.07. The summed E-state index contributed by atoms with van der Waals surface area (Å²) >= 11 is 0. The van der Waals surface area contributed by atoms with Gasteiger partial charge in [0.2, 0.25) is 0 Å². The van der Waals surface area contributed by atoms with Gasteiger partial charge < -0.3 is 13.9 Å². The quantitative estimate of drug-likeness (QED) is 0.724. The highest BCUT2D eigenvalue weighted by Gasteiger charge is 2.30. The highest BCUT2D eigenvalue weighted by atomic mass is 31.2. The molecule has 0 saturated carbocycles. The first-order chi connectivity index (χ1) is 9.67. The average molecular weight is 298 g/mol. The maximum absolute atomic E-state index is 12.5. The Morgan fingerprint density at radius 1 is 1.10 bits per heavy atom. The Bertz CT molecular complexity index is 445. The standard InChI is InChI=1S/C14H23N2O3P/c1-3-18-20(17,19-4-2)13-15-10-11-16(12-15)14-8-6-5-7-9-14/h5-9H,3-4,10-13H2,1-2H3. The van der Waals surface area contributed by atoms with Gasteiger partial charge in [-0.3, -0.25) is 9.46 Å². The van der Waals surface area contributed by atoms with Crippen LogP contribution in [-0.4, -0.2) is 44.2 Å². The van der Waals surface area contributed by atoms with E-state index in [-0.39, 0.29) is 0 Å². The van der Waals surface area contributed by atoms with Gasteiger partial charge in [-0.15, -0.1) is 0 Å². The summed E-state index contributed by atoms with van der Waals surface area (Å²) in [5, 5.41) is 0. The van der Waals surface area contributed by atoms with Crippen molar-refractivity contribution < 1.29 is 13.6 Å². The Labute approximate surface area is 121 Å². The lowest BCUT2D eigenvalue weighted by Crippen LogP contribution is -2.27. The van der Waals surface area contributed by atoms with E-state index in [0.29, 0.717) is 19.5 Å². The molecular weight excluding hydrogens is 275 g/mol. The number of rotatable bonds is 7. The van der Waals surface area contributed by atoms with E-state index >= 15 is 0 Å². The maximum Gasteiger partial charge on any atom is 0.344 e. The summed E-state index contributed by atoms with van der Waals surface area (Å²) in [4.78, 5) is 4.39. The first kappa shape index (κ1) is 15.5. The summed E-state index contributed by atoms with van der Waals surface area (Å²) in [6.45, 7) is 7.06. The number of hydrogen-bond acceptors (Lipinski definition) is 5. The van der Waals surface area contributed by atoms with Crippen molar-refractivity contribution in [3.8, 4) is 0 Å². The van der Waals surface area contributed by atoms with E-state index in [4.69, 9.17) is 9.05 Å². The molecule has 112 valence electrons. The second-order valence-corrected chi connectivity index (χ2v) is 6.74. The highest BCUT2D eigenvalue weighted by molar-refractivity contribution is 7.53. The number of nitrogens with zero attached hydrogens (tertiary/aromatic N) is 2. The zero-order valence-electron chi connectivity index (χ0n) is 12.2. The molecule has 1 aromatic rings. The molecule has 20 heavy (non-hydrogen) atoms. The summed E-state index contributed by atoms with van der Waals surface area (Å²) in [5.74, 6) is 0. The van der Waals surface area contributed by atoms with Crippen LogP contribution in [0.4, 0.5) is 5.69 Å². The second-order valence-electron chi connectivity index (χ2n) is 4.72. The molecule has 2 rings (SSSR count). The summed E-state index contributed by atoms with van der Waals surface area (Å²) in [6, 6.07) is 10.3. The van der Waals surface area contributed by atoms with Gasteiger partial charge in [-0.1, -0.05) is 18.2 Å². The monoisotopic (exact) mass is 298 g/mol. The predicted octanol–water partition coefficient (Wildman–Crippen LogP) is 2.99. The fraction of sp³-hybridized carbons (Fsp3) is 0.571. The van der Waals surface area contributed by atoms with Crippen molar-refractivity contribution in [1.82, 2.24) is 4.90 Å². The van der Waals surface area contributed by atoms with Gasteiger partial charge in [-0.2, -0.15) is 0 Å². The molecule has 6 heteroatoms. The van der Waals surface area contributed by atoms with Crippen molar-refractivity contribution in [2.45, 2.75) is 13.8 Å². The lowest BCUT2D eigenvalue weighted by molar-refractivity contribution is 0.203. The van der Waals surface area contributed by atoms with Gasteiger partial charge in [0.05, 0.1) is 19.9 Å². The van der Waals surface area contributed by atoms with Gasteiger partial charge >= 0.3 is 7.60 Å². The molecule has 0 spiro atoms. The Morgan fingerprint density at radius 2 is 1.75 bits per heavy atom. The third-order valence-electron chi connectivity index (χ3n) is 3.20. The van der Waals surface area contributed by atoms with E-state index in [9.17, 15) is 4.57 Å². The lowest BCUT2D eigenvalue weighted by Gasteiger charge is -2.24. The second kappa shape index (κ2) is 7.23. The van der Waals surface area contributed by atoms with Crippen molar-refractivity contribution in [2.24, 2.45) is 0 Å². The molecular formula is C14H23N2O3P. The molecule has 0 unspecified atom stereocenters. The van der Waals surface area contributed by atoms with Crippen LogP contribution in [0.15, 0.2) is 30.3 Å². The molecule has 0 atom stereocenters. The molecule has 0 amide bonds. The minimum atomic E-state index is -2.99. The molecule has 0 N–H and O–H groups in total. The van der Waals surface area contributed by atoms with Crippen LogP contribution in [0.25, 0.3) is 0 Å². The SMILES string of the molecule is CCOP(=O)(CN1CCN(c2ccccc2)C1)OCC. The molecule has 5 nitrogen and oxygen atoms in total. The van der Waals surface area contributed by atoms with Crippen molar-refractivity contribution in [2.75, 3.05) is 44.2 Å². The molecule has 1 aliphatic rings. The van der Waals surface area contributed by atoms with Gasteiger partial charge in [-0.25, -0.2) is 0 Å². The number of anilines is 1. The van der Waals surface area contributed by atoms with Gasteiger partial charge in [0.15, 0.2) is 0 Å². The smallest absolute Gasteiger partial charge is 0.344 e. The largest absolute Gasteiger partial charge is 0.357 e. The summed E-state index contributed by atoms with van der Waals surface area (Å²) < 4.78 is 23.2. The Hall–Kier alpha value is -0.870. The molecule has 0 radical (unpaired) electrons. The van der Waals surface area contributed by atoms with Crippen LogP contribution in [0, 0.1) is 0 Å². The summed E-state index contributed by atoms with van der Waals surface area (Å²) in [7, 11) is -2.99. The molecule has 1 saturated heterocycles. The van der Waals surface area contributed by atoms with Gasteiger partial charge in [0.25, 0.3) is 0 Å². The third-order valence-corrected chi connectivity index (χ3v) is 5.25. The lowest BCUT2D eigenvalue weighted by atomic mass is 10.3. The Morgan fingerprint density at radius 3 is 2.35 bits per heavy atom. The van der Waals surface area contributed by atoms with Crippen LogP contribution < -0.4 is 4.90 Å². The van der Waals surface area contributed by atoms with E-state index in [1.807, 2.05) is 32.0 Å². The Kier molecular flexibility index (Phi) is 5.61. The fourth-order valence-electron chi connectivity index (χ4n) is 2.37. The molecule has 1 aromatic carbocycles. The topological polar surface area (TPSA) is 42.0 Å². The van der Waals surface area contributed by atoms with E-state index < -0.39 is 7.60 Å². The number of benzene rings is 1. The van der Waals surface area contributed by atoms with Crippen LogP contribution in [0.5, 0.6) is 0 Å². The average Bonchev–Trinajstić information content (AvgIpc) is 2.88. The van der Waals surface area contributed by atoms with Crippen molar-refractivity contribution in [3.05, 3.63) is 30.3 Å². The van der Waals surface area contributed by atoms with Gasteiger partial charge in [0, 0.05) is 18.8 Å². The molecule has 0 bridgehead atoms. The summed E-state index contributed by atoms with van der Waals surface area (Å²) in [5.41, 5.74) is 1.19. The number of hydrogen-bond donors (Lipinski definition) is 0. The predicted molar refractivity (Wildman–Crippen MR) is 81.1 cm³/mol. The van der Waals surface area contributed by atoms with Gasteiger partial charge in [0.1, 0.15) is 6.29 Å².